The lowest BCUT2D eigenvalue weighted by Gasteiger charge is -2.12. The Bertz CT molecular complexity index is 1310. The maximum absolute atomic E-state index is 13.7. The Balaban J connectivity index is 2.02. The van der Waals surface area contributed by atoms with Gasteiger partial charge in [0.1, 0.15) is 0 Å². The molecule has 4 aromatic rings. The van der Waals surface area contributed by atoms with E-state index in [1.165, 1.54) is 10.9 Å². The van der Waals surface area contributed by atoms with Crippen molar-refractivity contribution in [1.29, 1.82) is 0 Å². The normalized spacial score (nSPS) is 11.9. The van der Waals surface area contributed by atoms with E-state index >= 15 is 0 Å². The molecule has 0 unspecified atom stereocenters. The minimum absolute atomic E-state index is 0.0937. The Labute approximate surface area is 161 Å². The third kappa shape index (κ3) is 3.00. The van der Waals surface area contributed by atoms with Crippen molar-refractivity contribution in [3.8, 4) is 28.3 Å². The summed E-state index contributed by atoms with van der Waals surface area (Å²) in [6.07, 6.45) is -2.58. The van der Waals surface area contributed by atoms with Gasteiger partial charge in [0.15, 0.2) is 11.3 Å². The molecule has 0 spiro atoms. The molecule has 4 rings (SSSR count). The zero-order valence-corrected chi connectivity index (χ0v) is 14.9. The number of hydrogen-bond acceptors (Lipinski definition) is 5. The van der Waals surface area contributed by atoms with Gasteiger partial charge >= 0.3 is 6.18 Å². The Hall–Kier alpha value is -3.75. The number of nitrogens with zero attached hydrogens (tertiary/aromatic N) is 2. The molecule has 2 heterocycles. The van der Waals surface area contributed by atoms with Crippen LogP contribution in [0.4, 0.5) is 13.2 Å². The molecular weight excluding hydrogens is 389 g/mol. The van der Waals surface area contributed by atoms with Crippen molar-refractivity contribution in [1.82, 2.24) is 9.78 Å². The minimum atomic E-state index is -5.02. The Morgan fingerprint density at radius 1 is 1.10 bits per heavy atom. The van der Waals surface area contributed by atoms with Crippen LogP contribution in [-0.2, 0) is 6.18 Å². The predicted octanol–water partition coefficient (Wildman–Crippen LogP) is 4.38. The number of aromatic hydroxyl groups is 2. The molecule has 2 N–H and O–H groups in total. The fourth-order valence-electron chi connectivity index (χ4n) is 3.10. The number of para-hydroxylation sites is 1. The van der Waals surface area contributed by atoms with Crippen molar-refractivity contribution in [3.63, 3.8) is 0 Å². The van der Waals surface area contributed by atoms with Crippen molar-refractivity contribution >= 4 is 11.0 Å². The summed E-state index contributed by atoms with van der Waals surface area (Å²) in [6, 6.07) is 9.21. The monoisotopic (exact) mass is 402 g/mol. The molecule has 0 aliphatic rings. The quantitative estimate of drug-likeness (QED) is 0.486. The summed E-state index contributed by atoms with van der Waals surface area (Å²) in [5.41, 5.74) is -1.08. The van der Waals surface area contributed by atoms with E-state index in [9.17, 15) is 28.2 Å². The van der Waals surface area contributed by atoms with Gasteiger partial charge in [-0.15, -0.1) is 0 Å². The second-order valence-electron chi connectivity index (χ2n) is 6.40. The Morgan fingerprint density at radius 3 is 2.52 bits per heavy atom. The average molecular weight is 402 g/mol. The van der Waals surface area contributed by atoms with Crippen molar-refractivity contribution in [3.05, 3.63) is 70.3 Å². The molecule has 0 saturated carbocycles. The third-order valence-electron chi connectivity index (χ3n) is 4.50. The van der Waals surface area contributed by atoms with Gasteiger partial charge < -0.3 is 14.6 Å². The summed E-state index contributed by atoms with van der Waals surface area (Å²) in [6.45, 7) is 1.82. The van der Waals surface area contributed by atoms with Gasteiger partial charge in [-0.2, -0.15) is 18.3 Å². The molecule has 2 aromatic carbocycles. The molecule has 0 amide bonds. The van der Waals surface area contributed by atoms with Gasteiger partial charge in [-0.25, -0.2) is 4.68 Å². The van der Waals surface area contributed by atoms with Gasteiger partial charge in [0, 0.05) is 11.8 Å². The van der Waals surface area contributed by atoms with E-state index in [1.807, 2.05) is 19.1 Å². The van der Waals surface area contributed by atoms with Crippen LogP contribution in [0.3, 0.4) is 0 Å². The number of benzene rings is 2. The standard InChI is InChI=1S/C20H13F3N2O4/c1-10-4-2-3-5-13(10)25-9-11(8-24-25)15-16(27)12-6-7-14(26)17(28)18(12)29-19(15)20(21,22)23/h2-9,26,28H,1H3. The van der Waals surface area contributed by atoms with E-state index in [0.29, 0.717) is 5.69 Å². The summed E-state index contributed by atoms with van der Waals surface area (Å²) < 4.78 is 47.2. The summed E-state index contributed by atoms with van der Waals surface area (Å²) in [4.78, 5) is 12.9. The van der Waals surface area contributed by atoms with E-state index < -0.39 is 40.0 Å². The van der Waals surface area contributed by atoms with Crippen LogP contribution in [0.2, 0.25) is 0 Å². The molecule has 0 radical (unpaired) electrons. The molecule has 2 aromatic heterocycles. The molecule has 0 atom stereocenters. The van der Waals surface area contributed by atoms with Gasteiger partial charge in [0.2, 0.25) is 16.9 Å². The third-order valence-corrected chi connectivity index (χ3v) is 4.50. The van der Waals surface area contributed by atoms with Crippen molar-refractivity contribution < 1.29 is 27.8 Å². The molecule has 148 valence electrons. The van der Waals surface area contributed by atoms with E-state index in [0.717, 1.165) is 23.9 Å². The number of fused-ring (bicyclic) bond motifs is 1. The average Bonchev–Trinajstić information content (AvgIpc) is 3.13. The molecule has 29 heavy (non-hydrogen) atoms. The lowest BCUT2D eigenvalue weighted by atomic mass is 10.0. The predicted molar refractivity (Wildman–Crippen MR) is 98.1 cm³/mol. The molecule has 0 aliphatic carbocycles. The number of hydrogen-bond donors (Lipinski definition) is 2. The molecule has 0 saturated heterocycles. The second kappa shape index (κ2) is 6.40. The first kappa shape index (κ1) is 18.6. The number of phenolic OH excluding ortho intramolecular Hbond substituents is 2. The first-order valence-corrected chi connectivity index (χ1v) is 8.38. The minimum Gasteiger partial charge on any atom is -0.504 e. The van der Waals surface area contributed by atoms with E-state index in [-0.39, 0.29) is 10.9 Å². The second-order valence-corrected chi connectivity index (χ2v) is 6.40. The van der Waals surface area contributed by atoms with Crippen LogP contribution in [0.15, 0.2) is 58.0 Å². The summed E-state index contributed by atoms with van der Waals surface area (Å²) in [5.74, 6) is -3.22. The Kier molecular flexibility index (Phi) is 4.11. The zero-order valence-electron chi connectivity index (χ0n) is 14.9. The van der Waals surface area contributed by atoms with Gasteiger partial charge in [-0.05, 0) is 30.7 Å². The lowest BCUT2D eigenvalue weighted by molar-refractivity contribution is -0.152. The van der Waals surface area contributed by atoms with Gasteiger partial charge in [0.05, 0.1) is 22.8 Å². The van der Waals surface area contributed by atoms with E-state index in [4.69, 9.17) is 4.42 Å². The fraction of sp³-hybridized carbons (Fsp3) is 0.100. The van der Waals surface area contributed by atoms with Crippen LogP contribution in [0.5, 0.6) is 11.5 Å². The largest absolute Gasteiger partial charge is 0.504 e. The molecule has 0 aliphatic heterocycles. The van der Waals surface area contributed by atoms with Crippen LogP contribution in [0.25, 0.3) is 27.8 Å². The number of halogens is 3. The maximum atomic E-state index is 13.7. The SMILES string of the molecule is Cc1ccccc1-n1cc(-c2c(C(F)(F)F)oc3c(O)c(O)ccc3c2=O)cn1. The van der Waals surface area contributed by atoms with Crippen LogP contribution in [-0.4, -0.2) is 20.0 Å². The highest BCUT2D eigenvalue weighted by atomic mass is 19.4. The topological polar surface area (TPSA) is 88.5 Å². The molecule has 0 bridgehead atoms. The zero-order chi connectivity index (χ0) is 20.9. The highest BCUT2D eigenvalue weighted by Crippen LogP contribution is 2.40. The van der Waals surface area contributed by atoms with Gasteiger partial charge in [-0.1, -0.05) is 18.2 Å². The Morgan fingerprint density at radius 2 is 1.83 bits per heavy atom. The number of aromatic nitrogens is 2. The number of alkyl halides is 3. The smallest absolute Gasteiger partial charge is 0.450 e. The first-order chi connectivity index (χ1) is 13.7. The highest BCUT2D eigenvalue weighted by Gasteiger charge is 2.40. The van der Waals surface area contributed by atoms with Crippen molar-refractivity contribution in [2.45, 2.75) is 13.1 Å². The first-order valence-electron chi connectivity index (χ1n) is 8.38. The van der Waals surface area contributed by atoms with Crippen LogP contribution in [0.1, 0.15) is 11.3 Å². The van der Waals surface area contributed by atoms with Crippen LogP contribution >= 0.6 is 0 Å². The molecule has 0 fully saturated rings. The van der Waals surface area contributed by atoms with Crippen molar-refractivity contribution in [2.24, 2.45) is 0 Å². The van der Waals surface area contributed by atoms with E-state index in [2.05, 4.69) is 5.10 Å². The number of phenols is 2. The summed E-state index contributed by atoms with van der Waals surface area (Å²) in [7, 11) is 0. The molecule has 9 heteroatoms. The maximum Gasteiger partial charge on any atom is 0.450 e. The number of aryl methyl sites for hydroxylation is 1. The molecular formula is C20H13F3N2O4. The summed E-state index contributed by atoms with van der Waals surface area (Å²) >= 11 is 0. The van der Waals surface area contributed by atoms with Crippen molar-refractivity contribution in [2.75, 3.05) is 0 Å². The fourth-order valence-corrected chi connectivity index (χ4v) is 3.10. The lowest BCUT2D eigenvalue weighted by Crippen LogP contribution is -2.16. The van der Waals surface area contributed by atoms with Gasteiger partial charge in [0.25, 0.3) is 0 Å². The number of rotatable bonds is 2. The highest BCUT2D eigenvalue weighted by molar-refractivity contribution is 5.88. The van der Waals surface area contributed by atoms with Crippen LogP contribution in [0, 0.1) is 6.92 Å². The van der Waals surface area contributed by atoms with Gasteiger partial charge in [-0.3, -0.25) is 4.79 Å². The van der Waals surface area contributed by atoms with E-state index in [1.54, 1.807) is 12.1 Å². The van der Waals surface area contributed by atoms with Crippen LogP contribution < -0.4 is 5.43 Å². The molecule has 6 nitrogen and oxygen atoms in total. The summed E-state index contributed by atoms with van der Waals surface area (Å²) in [5, 5.41) is 23.2.